The van der Waals surface area contributed by atoms with Crippen LogP contribution in [0.3, 0.4) is 0 Å². The Morgan fingerprint density at radius 1 is 1.15 bits per heavy atom. The molecule has 0 aliphatic carbocycles. The quantitative estimate of drug-likeness (QED) is 0.323. The lowest BCUT2D eigenvalue weighted by Gasteiger charge is -2.18. The molecule has 0 fully saturated rings. The minimum absolute atomic E-state index is 0.00961. The molecule has 0 aliphatic rings. The molecule has 14 heteroatoms. The number of nitrogens with zero attached hydrogens (tertiary/aromatic N) is 2. The molecular formula is C25H21F3N4O5S2. The van der Waals surface area contributed by atoms with Gasteiger partial charge in [0.15, 0.2) is 14.7 Å². The van der Waals surface area contributed by atoms with Crippen molar-refractivity contribution >= 4 is 26.9 Å². The Hall–Kier alpha value is -3.88. The third-order valence-electron chi connectivity index (χ3n) is 5.73. The fourth-order valence-electron chi connectivity index (χ4n) is 3.75. The highest BCUT2D eigenvalue weighted by Crippen LogP contribution is 2.31. The lowest BCUT2D eigenvalue weighted by molar-refractivity contribution is -0.137. The van der Waals surface area contributed by atoms with Crippen molar-refractivity contribution in [3.8, 4) is 5.69 Å². The number of carbonyl (C=O) groups is 1. The summed E-state index contributed by atoms with van der Waals surface area (Å²) < 4.78 is 77.6. The monoisotopic (exact) mass is 578 g/mol. The molecule has 0 radical (unpaired) electrons. The number of aromatic nitrogens is 3. The van der Waals surface area contributed by atoms with Gasteiger partial charge in [-0.2, -0.15) is 18.2 Å². The van der Waals surface area contributed by atoms with Crippen LogP contribution in [-0.2, 0) is 33.7 Å². The van der Waals surface area contributed by atoms with Crippen molar-refractivity contribution in [3.05, 3.63) is 99.7 Å². The molecule has 4 rings (SSSR count). The summed E-state index contributed by atoms with van der Waals surface area (Å²) in [6.07, 6.45) is -0.849. The molecule has 2 aromatic heterocycles. The Labute approximate surface area is 223 Å². The van der Waals surface area contributed by atoms with Crippen LogP contribution in [0.5, 0.6) is 0 Å². The first-order chi connectivity index (χ1) is 18.3. The maximum atomic E-state index is 13.5. The molecule has 0 aliphatic heterocycles. The van der Waals surface area contributed by atoms with Crippen LogP contribution < -0.4 is 10.9 Å². The molecule has 1 atom stereocenters. The molecule has 39 heavy (non-hydrogen) atoms. The van der Waals surface area contributed by atoms with Crippen molar-refractivity contribution < 1.29 is 30.9 Å². The van der Waals surface area contributed by atoms with E-state index in [0.717, 1.165) is 35.1 Å². The highest BCUT2D eigenvalue weighted by molar-refractivity contribution is 7.91. The summed E-state index contributed by atoms with van der Waals surface area (Å²) in [7, 11) is -3.42. The zero-order valence-electron chi connectivity index (χ0n) is 20.4. The van der Waals surface area contributed by atoms with Crippen molar-refractivity contribution in [2.24, 2.45) is 0 Å². The zero-order valence-corrected chi connectivity index (χ0v) is 22.1. The van der Waals surface area contributed by atoms with Crippen molar-refractivity contribution in [2.45, 2.75) is 34.6 Å². The first-order valence-electron chi connectivity index (χ1n) is 11.2. The lowest BCUT2D eigenvalue weighted by atomic mass is 10.1. The number of halogens is 3. The van der Waals surface area contributed by atoms with Crippen LogP contribution in [0.25, 0.3) is 5.69 Å². The summed E-state index contributed by atoms with van der Waals surface area (Å²) in [4.78, 5) is 33.3. The molecule has 1 unspecified atom stereocenters. The number of rotatable bonds is 7. The number of carbonyl (C=O) groups excluding carboxylic acids is 1. The van der Waals surface area contributed by atoms with Crippen molar-refractivity contribution in [3.63, 3.8) is 0 Å². The number of aromatic amines is 1. The predicted octanol–water partition coefficient (Wildman–Crippen LogP) is 3.39. The summed E-state index contributed by atoms with van der Waals surface area (Å²) >= 11 is -2.01. The van der Waals surface area contributed by atoms with Crippen molar-refractivity contribution in [1.29, 1.82) is 0 Å². The van der Waals surface area contributed by atoms with E-state index in [0.29, 0.717) is 5.56 Å². The van der Waals surface area contributed by atoms with Gasteiger partial charge in [-0.25, -0.2) is 8.42 Å². The zero-order chi connectivity index (χ0) is 28.5. The molecule has 4 aromatic rings. The Morgan fingerprint density at radius 3 is 2.44 bits per heavy atom. The fourth-order valence-corrected chi connectivity index (χ4v) is 5.51. The number of H-pyrrole nitrogens is 1. The standard InChI is InChI=1S/C25H21F3N4O5S2/c1-15-21(38(35)24-29-10-11-30-24)13-20(22(33)31-14-16-6-8-19(9-7-16)39(2,36)37)23(34)32(15)18-5-3-4-17(12-18)25(26,27)28/h3-13H,14H2,1-2H3,(H,29,30)(H,31,33). The number of hydrogen-bond donors (Lipinski definition) is 2. The highest BCUT2D eigenvalue weighted by Gasteiger charge is 2.32. The Balaban J connectivity index is 1.77. The van der Waals surface area contributed by atoms with E-state index in [9.17, 15) is 35.7 Å². The van der Waals surface area contributed by atoms with Gasteiger partial charge in [0, 0.05) is 36.9 Å². The minimum Gasteiger partial charge on any atom is -0.604 e. The molecule has 2 heterocycles. The van der Waals surface area contributed by atoms with E-state index in [4.69, 9.17) is 0 Å². The van der Waals surface area contributed by atoms with E-state index >= 15 is 0 Å². The molecule has 204 valence electrons. The van der Waals surface area contributed by atoms with Gasteiger partial charge in [0.05, 0.1) is 27.3 Å². The Morgan fingerprint density at radius 2 is 1.85 bits per heavy atom. The summed E-state index contributed by atoms with van der Waals surface area (Å²) in [5.74, 6) is -0.870. The third kappa shape index (κ3) is 6.08. The maximum Gasteiger partial charge on any atom is 0.416 e. The number of pyridine rings is 1. The van der Waals surface area contributed by atoms with E-state index in [1.807, 2.05) is 0 Å². The van der Waals surface area contributed by atoms with E-state index in [1.54, 1.807) is 0 Å². The SMILES string of the molecule is Cc1c([S+]([O-])c2ncc[nH]2)cc(C(=O)NCc2ccc(S(C)(=O)=O)cc2)c(=O)n1-c1cccc(C(F)(F)F)c1. The van der Waals surface area contributed by atoms with Crippen molar-refractivity contribution in [1.82, 2.24) is 19.9 Å². The van der Waals surface area contributed by atoms with E-state index < -0.39 is 49.8 Å². The van der Waals surface area contributed by atoms with Crippen LogP contribution in [0.15, 0.2) is 86.7 Å². The molecule has 0 saturated carbocycles. The Kier molecular flexibility index (Phi) is 7.73. The average Bonchev–Trinajstić information content (AvgIpc) is 3.42. The van der Waals surface area contributed by atoms with Gasteiger partial charge >= 0.3 is 11.3 Å². The van der Waals surface area contributed by atoms with Crippen LogP contribution in [0.2, 0.25) is 0 Å². The van der Waals surface area contributed by atoms with Gasteiger partial charge in [-0.3, -0.25) is 14.2 Å². The molecule has 0 bridgehead atoms. The second-order valence-electron chi connectivity index (χ2n) is 8.46. The second-order valence-corrected chi connectivity index (χ2v) is 11.8. The van der Waals surface area contributed by atoms with Gasteiger partial charge in [0.25, 0.3) is 11.5 Å². The van der Waals surface area contributed by atoms with Gasteiger partial charge in [0.1, 0.15) is 5.56 Å². The third-order valence-corrected chi connectivity index (χ3v) is 8.25. The number of imidazole rings is 1. The molecule has 1 amide bonds. The van der Waals surface area contributed by atoms with E-state index in [1.165, 1.54) is 49.6 Å². The average molecular weight is 579 g/mol. The van der Waals surface area contributed by atoms with Crippen LogP contribution in [0.4, 0.5) is 13.2 Å². The van der Waals surface area contributed by atoms with Gasteiger partial charge in [-0.05, 0) is 42.8 Å². The van der Waals surface area contributed by atoms with Crippen LogP contribution in [0, 0.1) is 6.92 Å². The number of hydrogen-bond acceptors (Lipinski definition) is 6. The fraction of sp³-hybridized carbons (Fsp3) is 0.160. The smallest absolute Gasteiger partial charge is 0.416 e. The summed E-state index contributed by atoms with van der Waals surface area (Å²) in [6.45, 7) is 1.32. The second kappa shape index (κ2) is 10.7. The summed E-state index contributed by atoms with van der Waals surface area (Å²) in [5, 5.41) is 2.56. The number of benzene rings is 2. The number of nitrogens with one attached hydrogen (secondary N) is 2. The van der Waals surface area contributed by atoms with E-state index in [2.05, 4.69) is 15.3 Å². The Bertz CT molecular complexity index is 1680. The normalized spacial score (nSPS) is 12.8. The first kappa shape index (κ1) is 28.1. The predicted molar refractivity (Wildman–Crippen MR) is 136 cm³/mol. The van der Waals surface area contributed by atoms with Crippen LogP contribution in [-0.4, -0.2) is 39.7 Å². The molecule has 2 N–H and O–H groups in total. The number of sulfone groups is 1. The first-order valence-corrected chi connectivity index (χ1v) is 14.2. The van der Waals surface area contributed by atoms with Gasteiger partial charge in [-0.1, -0.05) is 18.2 Å². The number of amides is 1. The topological polar surface area (TPSA) is 137 Å². The van der Waals surface area contributed by atoms with Crippen LogP contribution >= 0.6 is 0 Å². The summed E-state index contributed by atoms with van der Waals surface area (Å²) in [6, 6.07) is 10.9. The van der Waals surface area contributed by atoms with E-state index in [-0.39, 0.29) is 32.9 Å². The molecular weight excluding hydrogens is 557 g/mol. The maximum absolute atomic E-state index is 13.5. The van der Waals surface area contributed by atoms with Crippen molar-refractivity contribution in [2.75, 3.05) is 6.26 Å². The van der Waals surface area contributed by atoms with Gasteiger partial charge in [-0.15, -0.1) is 0 Å². The largest absolute Gasteiger partial charge is 0.604 e. The number of alkyl halides is 3. The van der Waals surface area contributed by atoms with Gasteiger partial charge < -0.3 is 14.9 Å². The highest BCUT2D eigenvalue weighted by atomic mass is 32.2. The lowest BCUT2D eigenvalue weighted by Crippen LogP contribution is -2.34. The molecule has 2 aromatic carbocycles. The minimum atomic E-state index is -4.69. The summed E-state index contributed by atoms with van der Waals surface area (Å²) in [5.41, 5.74) is -1.97. The van der Waals surface area contributed by atoms with Crippen LogP contribution in [0.1, 0.15) is 27.2 Å². The molecule has 0 spiro atoms. The molecule has 0 saturated heterocycles. The van der Waals surface area contributed by atoms with Gasteiger partial charge in [0.2, 0.25) is 0 Å². The molecule has 9 nitrogen and oxygen atoms in total.